The van der Waals surface area contributed by atoms with Crippen molar-refractivity contribution in [1.82, 2.24) is 4.90 Å². The van der Waals surface area contributed by atoms with E-state index in [1.54, 1.807) is 0 Å². The van der Waals surface area contributed by atoms with E-state index in [-0.39, 0.29) is 22.1 Å². The first-order valence-electron chi connectivity index (χ1n) is 9.83. The van der Waals surface area contributed by atoms with Gasteiger partial charge in [0.05, 0.1) is 22.1 Å². The molecule has 14 heteroatoms. The van der Waals surface area contributed by atoms with Crippen molar-refractivity contribution in [3.63, 3.8) is 0 Å². The zero-order valence-electron chi connectivity index (χ0n) is 18.2. The monoisotopic (exact) mass is 588 g/mol. The van der Waals surface area contributed by atoms with Crippen LogP contribution in [0.2, 0.25) is 0 Å². The molecule has 1 heterocycles. The molecule has 3 rings (SSSR count). The summed E-state index contributed by atoms with van der Waals surface area (Å²) in [6.45, 7) is -1.32. The van der Waals surface area contributed by atoms with Crippen LogP contribution in [0.25, 0.3) is 6.08 Å². The number of imide groups is 1. The van der Waals surface area contributed by atoms with E-state index in [2.05, 4.69) is 21.2 Å². The largest absolute Gasteiger partial charge is 0.493 e. The number of carbonyl (C=O) groups excluding carboxylic acids is 3. The molecule has 2 aromatic rings. The van der Waals surface area contributed by atoms with Crippen molar-refractivity contribution in [1.29, 1.82) is 0 Å². The van der Waals surface area contributed by atoms with E-state index in [4.69, 9.17) is 14.6 Å². The van der Waals surface area contributed by atoms with Gasteiger partial charge < -0.3 is 19.9 Å². The van der Waals surface area contributed by atoms with Gasteiger partial charge >= 0.3 is 12.1 Å². The van der Waals surface area contributed by atoms with Crippen LogP contribution < -0.4 is 14.8 Å². The first-order valence-corrected chi connectivity index (χ1v) is 11.4. The number of carboxylic acids is 1. The number of carboxylic acid groups (broad SMARTS) is 1. The number of amides is 3. The molecule has 0 atom stereocenters. The number of carbonyl (C=O) groups is 4. The van der Waals surface area contributed by atoms with Crippen LogP contribution >= 0.6 is 27.7 Å². The minimum absolute atomic E-state index is 0.0139. The van der Waals surface area contributed by atoms with Gasteiger partial charge in [0, 0.05) is 5.69 Å². The lowest BCUT2D eigenvalue weighted by molar-refractivity contribution is -0.139. The summed E-state index contributed by atoms with van der Waals surface area (Å²) in [6.07, 6.45) is -3.24. The van der Waals surface area contributed by atoms with Gasteiger partial charge in [0.2, 0.25) is 5.91 Å². The second-order valence-electron chi connectivity index (χ2n) is 7.11. The van der Waals surface area contributed by atoms with Crippen molar-refractivity contribution in [2.75, 3.05) is 25.6 Å². The Morgan fingerprint density at radius 2 is 1.94 bits per heavy atom. The zero-order valence-corrected chi connectivity index (χ0v) is 20.6. The van der Waals surface area contributed by atoms with Crippen molar-refractivity contribution < 1.29 is 46.9 Å². The van der Waals surface area contributed by atoms with E-state index in [0.29, 0.717) is 26.7 Å². The van der Waals surface area contributed by atoms with Gasteiger partial charge in [0.25, 0.3) is 11.1 Å². The van der Waals surface area contributed by atoms with Gasteiger partial charge in [-0.15, -0.1) is 0 Å². The molecule has 1 aliphatic heterocycles. The highest BCUT2D eigenvalue weighted by Crippen LogP contribution is 2.39. The first kappa shape index (κ1) is 27.1. The molecule has 3 amide bonds. The normalized spacial score (nSPS) is 14.8. The van der Waals surface area contributed by atoms with Crippen LogP contribution in [0.15, 0.2) is 45.8 Å². The number of nitrogens with one attached hydrogen (secondary N) is 1. The second kappa shape index (κ2) is 11.0. The Morgan fingerprint density at radius 1 is 1.22 bits per heavy atom. The average Bonchev–Trinajstić information content (AvgIpc) is 3.04. The van der Waals surface area contributed by atoms with Crippen LogP contribution in [0.5, 0.6) is 11.5 Å². The molecule has 0 aliphatic carbocycles. The maximum atomic E-state index is 12.9. The molecular formula is C22H16BrF3N2O7S. The van der Waals surface area contributed by atoms with E-state index in [1.807, 2.05) is 0 Å². The molecule has 1 aliphatic rings. The van der Waals surface area contributed by atoms with Gasteiger partial charge in [-0.05, 0) is 69.7 Å². The van der Waals surface area contributed by atoms with Crippen LogP contribution in [0, 0.1) is 0 Å². The number of nitrogens with zero attached hydrogens (tertiary/aromatic N) is 1. The SMILES string of the molecule is COc1cc(/C=C2\SC(=O)N(CC(=O)Nc3cccc(C(F)(F)F)c3)C2=O)cc(Br)c1OCC(=O)O. The fourth-order valence-corrected chi connectivity index (χ4v) is 4.41. The number of thioether (sulfide) groups is 1. The predicted octanol–water partition coefficient (Wildman–Crippen LogP) is 4.61. The maximum absolute atomic E-state index is 12.9. The minimum Gasteiger partial charge on any atom is -0.493 e. The third kappa shape index (κ3) is 6.57. The standard InChI is InChI=1S/C22H16BrF3N2O7S/c1-34-15-6-11(5-14(23)19(15)35-10-18(30)31)7-16-20(32)28(21(33)36-16)9-17(29)27-13-4-2-3-12(8-13)22(24,25)26/h2-8H,9-10H2,1H3,(H,27,29)(H,30,31)/b16-7-. The highest BCUT2D eigenvalue weighted by atomic mass is 79.9. The van der Waals surface area contributed by atoms with E-state index < -0.39 is 47.9 Å². The van der Waals surface area contributed by atoms with E-state index in [1.165, 1.54) is 31.4 Å². The highest BCUT2D eigenvalue weighted by Gasteiger charge is 2.36. The maximum Gasteiger partial charge on any atom is 0.416 e. The Hall–Kier alpha value is -3.52. The summed E-state index contributed by atoms with van der Waals surface area (Å²) < 4.78 is 49.3. The van der Waals surface area contributed by atoms with Crippen LogP contribution in [0.1, 0.15) is 11.1 Å². The third-order valence-electron chi connectivity index (χ3n) is 4.54. The van der Waals surface area contributed by atoms with Crippen LogP contribution in [0.4, 0.5) is 23.7 Å². The van der Waals surface area contributed by atoms with Crippen molar-refractivity contribution in [3.8, 4) is 11.5 Å². The molecule has 1 saturated heterocycles. The summed E-state index contributed by atoms with van der Waals surface area (Å²) in [4.78, 5) is 48.8. The Morgan fingerprint density at radius 3 is 2.58 bits per heavy atom. The topological polar surface area (TPSA) is 122 Å². The molecule has 0 spiro atoms. The fourth-order valence-electron chi connectivity index (χ4n) is 3.00. The highest BCUT2D eigenvalue weighted by molar-refractivity contribution is 9.10. The number of alkyl halides is 3. The number of rotatable bonds is 8. The zero-order chi connectivity index (χ0) is 26.6. The lowest BCUT2D eigenvalue weighted by atomic mass is 10.2. The Balaban J connectivity index is 1.74. The molecule has 2 N–H and O–H groups in total. The molecule has 190 valence electrons. The van der Waals surface area contributed by atoms with Crippen LogP contribution in [-0.2, 0) is 20.6 Å². The summed E-state index contributed by atoms with van der Waals surface area (Å²) >= 11 is 3.81. The summed E-state index contributed by atoms with van der Waals surface area (Å²) in [5, 5.41) is 10.3. The number of hydrogen-bond acceptors (Lipinski definition) is 7. The summed E-state index contributed by atoms with van der Waals surface area (Å²) in [5.41, 5.74) is -0.699. The summed E-state index contributed by atoms with van der Waals surface area (Å²) in [7, 11) is 1.33. The number of halogens is 4. The molecule has 1 fully saturated rings. The molecular weight excluding hydrogens is 573 g/mol. The molecule has 0 saturated carbocycles. The molecule has 0 radical (unpaired) electrons. The Kier molecular flexibility index (Phi) is 8.30. The number of aliphatic carboxylic acids is 1. The van der Waals surface area contributed by atoms with E-state index >= 15 is 0 Å². The lowest BCUT2D eigenvalue weighted by Crippen LogP contribution is -2.36. The van der Waals surface area contributed by atoms with Gasteiger partial charge in [-0.25, -0.2) is 4.79 Å². The molecule has 2 aromatic carbocycles. The van der Waals surface area contributed by atoms with Crippen molar-refractivity contribution in [2.45, 2.75) is 6.18 Å². The van der Waals surface area contributed by atoms with Gasteiger partial charge in [-0.2, -0.15) is 13.2 Å². The molecule has 9 nitrogen and oxygen atoms in total. The second-order valence-corrected chi connectivity index (χ2v) is 8.96. The van der Waals surface area contributed by atoms with Crippen molar-refractivity contribution in [2.24, 2.45) is 0 Å². The number of benzene rings is 2. The Bertz CT molecular complexity index is 1270. The molecule has 36 heavy (non-hydrogen) atoms. The fraction of sp³-hybridized carbons (Fsp3) is 0.182. The van der Waals surface area contributed by atoms with Crippen molar-refractivity contribution >= 4 is 62.5 Å². The lowest BCUT2D eigenvalue weighted by Gasteiger charge is -2.14. The van der Waals surface area contributed by atoms with Gasteiger partial charge in [0.1, 0.15) is 6.54 Å². The molecule has 0 bridgehead atoms. The molecule has 0 unspecified atom stereocenters. The Labute approximate surface area is 214 Å². The average molecular weight is 589 g/mol. The van der Waals surface area contributed by atoms with Crippen LogP contribution in [0.3, 0.4) is 0 Å². The minimum atomic E-state index is -4.60. The van der Waals surface area contributed by atoms with Crippen molar-refractivity contribution in [3.05, 3.63) is 56.9 Å². The number of ether oxygens (including phenoxy) is 2. The smallest absolute Gasteiger partial charge is 0.416 e. The van der Waals surface area contributed by atoms with Gasteiger partial charge in [-0.1, -0.05) is 6.07 Å². The number of hydrogen-bond donors (Lipinski definition) is 2. The third-order valence-corrected chi connectivity index (χ3v) is 6.03. The van der Waals surface area contributed by atoms with E-state index in [9.17, 15) is 32.3 Å². The summed E-state index contributed by atoms with van der Waals surface area (Å²) in [5.74, 6) is -2.54. The van der Waals surface area contributed by atoms with E-state index in [0.717, 1.165) is 18.2 Å². The van der Waals surface area contributed by atoms with Gasteiger partial charge in [0.15, 0.2) is 18.1 Å². The summed E-state index contributed by atoms with van der Waals surface area (Å²) in [6, 6.07) is 6.90. The number of methoxy groups -OCH3 is 1. The first-order chi connectivity index (χ1) is 16.9. The quantitative estimate of drug-likeness (QED) is 0.428. The predicted molar refractivity (Wildman–Crippen MR) is 127 cm³/mol. The van der Waals surface area contributed by atoms with Crippen LogP contribution in [-0.4, -0.2) is 53.3 Å². The molecule has 0 aromatic heterocycles. The number of anilines is 1. The van der Waals surface area contributed by atoms with Gasteiger partial charge in [-0.3, -0.25) is 19.3 Å².